The van der Waals surface area contributed by atoms with E-state index >= 15 is 0 Å². The van der Waals surface area contributed by atoms with Gasteiger partial charge in [0, 0.05) is 11.6 Å². The van der Waals surface area contributed by atoms with Crippen molar-refractivity contribution in [3.05, 3.63) is 34.9 Å². The molecule has 76 valence electrons. The summed E-state index contributed by atoms with van der Waals surface area (Å²) < 4.78 is 26.7. The number of halogens is 2. The second-order valence-corrected chi connectivity index (χ2v) is 3.75. The van der Waals surface area contributed by atoms with Crippen molar-refractivity contribution in [1.29, 1.82) is 0 Å². The van der Waals surface area contributed by atoms with Crippen molar-refractivity contribution in [2.24, 2.45) is 0 Å². The number of hydrogen-bond donors (Lipinski definition) is 1. The Balaban J connectivity index is 2.38. The second-order valence-electron chi connectivity index (χ2n) is 3.75. The predicted molar refractivity (Wildman–Crippen MR) is 51.1 cm³/mol. The van der Waals surface area contributed by atoms with Gasteiger partial charge < -0.3 is 5.32 Å². The Morgan fingerprint density at radius 2 is 2.07 bits per heavy atom. The molecule has 2 rings (SSSR count). The average molecular weight is 197 g/mol. The summed E-state index contributed by atoms with van der Waals surface area (Å²) in [5.74, 6) is -1.40. The van der Waals surface area contributed by atoms with Crippen molar-refractivity contribution >= 4 is 0 Å². The molecule has 1 nitrogen and oxygen atoms in total. The largest absolute Gasteiger partial charge is 0.310 e. The van der Waals surface area contributed by atoms with Crippen molar-refractivity contribution in [2.75, 3.05) is 6.54 Å². The molecule has 1 fully saturated rings. The van der Waals surface area contributed by atoms with Gasteiger partial charge in [-0.2, -0.15) is 0 Å². The van der Waals surface area contributed by atoms with Gasteiger partial charge in [-0.3, -0.25) is 0 Å². The molecular formula is C11H13F2N. The molecule has 0 saturated carbocycles. The van der Waals surface area contributed by atoms with Crippen LogP contribution in [0.4, 0.5) is 8.78 Å². The van der Waals surface area contributed by atoms with Crippen LogP contribution in [0.15, 0.2) is 12.1 Å². The monoisotopic (exact) mass is 197 g/mol. The van der Waals surface area contributed by atoms with Gasteiger partial charge in [0.2, 0.25) is 0 Å². The fourth-order valence-corrected chi connectivity index (χ4v) is 1.88. The zero-order chi connectivity index (χ0) is 10.1. The Labute approximate surface area is 82.1 Å². The van der Waals surface area contributed by atoms with E-state index in [4.69, 9.17) is 0 Å². The number of benzene rings is 1. The Bertz CT molecular complexity index is 343. The normalized spacial score (nSPS) is 21.5. The van der Waals surface area contributed by atoms with Gasteiger partial charge in [0.25, 0.3) is 0 Å². The van der Waals surface area contributed by atoms with Gasteiger partial charge in [0.1, 0.15) is 0 Å². The Hall–Kier alpha value is -0.960. The summed E-state index contributed by atoms with van der Waals surface area (Å²) in [5, 5.41) is 3.15. The lowest BCUT2D eigenvalue weighted by molar-refractivity contribution is 0.476. The molecule has 1 aromatic carbocycles. The van der Waals surface area contributed by atoms with Gasteiger partial charge >= 0.3 is 0 Å². The highest BCUT2D eigenvalue weighted by atomic mass is 19.2. The van der Waals surface area contributed by atoms with E-state index in [2.05, 4.69) is 5.32 Å². The number of aryl methyl sites for hydroxylation is 1. The first kappa shape index (κ1) is 9.59. The van der Waals surface area contributed by atoms with E-state index < -0.39 is 11.6 Å². The molecule has 1 aliphatic heterocycles. The molecule has 0 bridgehead atoms. The molecule has 0 aliphatic carbocycles. The van der Waals surface area contributed by atoms with E-state index in [1.165, 1.54) is 0 Å². The highest BCUT2D eigenvalue weighted by Crippen LogP contribution is 2.27. The molecule has 1 heterocycles. The lowest BCUT2D eigenvalue weighted by Crippen LogP contribution is -2.15. The first-order valence-corrected chi connectivity index (χ1v) is 4.88. The third-order valence-electron chi connectivity index (χ3n) is 2.74. The molecule has 3 heteroatoms. The molecule has 1 saturated heterocycles. The minimum absolute atomic E-state index is 0.00917. The molecular weight excluding hydrogens is 184 g/mol. The fraction of sp³-hybridized carbons (Fsp3) is 0.455. The van der Waals surface area contributed by atoms with Crippen molar-refractivity contribution < 1.29 is 8.78 Å². The minimum Gasteiger partial charge on any atom is -0.310 e. The van der Waals surface area contributed by atoms with Crippen LogP contribution in [0.5, 0.6) is 0 Å². The van der Waals surface area contributed by atoms with Crippen LogP contribution in [0.1, 0.15) is 30.0 Å². The summed E-state index contributed by atoms with van der Waals surface area (Å²) >= 11 is 0. The van der Waals surface area contributed by atoms with Crippen LogP contribution in [0, 0.1) is 18.6 Å². The summed E-state index contributed by atoms with van der Waals surface area (Å²) in [6, 6.07) is 3.30. The maximum absolute atomic E-state index is 13.5. The van der Waals surface area contributed by atoms with E-state index in [9.17, 15) is 8.78 Å². The molecule has 1 atom stereocenters. The minimum atomic E-state index is -0.712. The van der Waals surface area contributed by atoms with Crippen molar-refractivity contribution in [3.63, 3.8) is 0 Å². The van der Waals surface area contributed by atoms with E-state index in [0.717, 1.165) is 19.4 Å². The SMILES string of the molecule is Cc1ccc([C@@H]2CCCN2)c(F)c1F. The fourth-order valence-electron chi connectivity index (χ4n) is 1.88. The van der Waals surface area contributed by atoms with Gasteiger partial charge in [-0.05, 0) is 31.9 Å². The molecule has 1 aliphatic rings. The van der Waals surface area contributed by atoms with E-state index in [0.29, 0.717) is 11.1 Å². The second kappa shape index (κ2) is 3.65. The average Bonchev–Trinajstić information content (AvgIpc) is 2.67. The van der Waals surface area contributed by atoms with E-state index in [-0.39, 0.29) is 6.04 Å². The highest BCUT2D eigenvalue weighted by Gasteiger charge is 2.21. The Morgan fingerprint density at radius 1 is 1.29 bits per heavy atom. The van der Waals surface area contributed by atoms with Crippen LogP contribution in [-0.4, -0.2) is 6.54 Å². The highest BCUT2D eigenvalue weighted by molar-refractivity contribution is 5.28. The number of hydrogen-bond acceptors (Lipinski definition) is 1. The summed E-state index contributed by atoms with van der Waals surface area (Å²) in [7, 11) is 0. The lowest BCUT2D eigenvalue weighted by atomic mass is 10.0. The van der Waals surface area contributed by atoms with Crippen LogP contribution < -0.4 is 5.32 Å². The lowest BCUT2D eigenvalue weighted by Gasteiger charge is -2.12. The van der Waals surface area contributed by atoms with E-state index in [1.807, 2.05) is 0 Å². The maximum atomic E-state index is 13.5. The first-order chi connectivity index (χ1) is 6.70. The summed E-state index contributed by atoms with van der Waals surface area (Å²) in [6.07, 6.45) is 1.92. The quantitative estimate of drug-likeness (QED) is 0.729. The van der Waals surface area contributed by atoms with Crippen LogP contribution in [0.3, 0.4) is 0 Å². The molecule has 0 radical (unpaired) electrons. The number of nitrogens with one attached hydrogen (secondary N) is 1. The molecule has 14 heavy (non-hydrogen) atoms. The summed E-state index contributed by atoms with van der Waals surface area (Å²) in [6.45, 7) is 2.46. The van der Waals surface area contributed by atoms with Gasteiger partial charge in [-0.15, -0.1) is 0 Å². The van der Waals surface area contributed by atoms with E-state index in [1.54, 1.807) is 19.1 Å². The van der Waals surface area contributed by atoms with Crippen LogP contribution in [0.25, 0.3) is 0 Å². The van der Waals surface area contributed by atoms with Gasteiger partial charge in [0.05, 0.1) is 0 Å². The molecule has 0 aromatic heterocycles. The Morgan fingerprint density at radius 3 is 2.71 bits per heavy atom. The predicted octanol–water partition coefficient (Wildman–Crippen LogP) is 2.70. The zero-order valence-corrected chi connectivity index (χ0v) is 8.11. The topological polar surface area (TPSA) is 12.0 Å². The van der Waals surface area contributed by atoms with Crippen LogP contribution in [-0.2, 0) is 0 Å². The number of rotatable bonds is 1. The standard InChI is InChI=1S/C11H13F2N/c1-7-4-5-8(11(13)10(7)12)9-3-2-6-14-9/h4-5,9,14H,2-3,6H2,1H3/t9-/m0/s1. The molecule has 0 amide bonds. The van der Waals surface area contributed by atoms with Crippen LogP contribution in [0.2, 0.25) is 0 Å². The van der Waals surface area contributed by atoms with Crippen molar-refractivity contribution in [2.45, 2.75) is 25.8 Å². The van der Waals surface area contributed by atoms with Gasteiger partial charge in [0.15, 0.2) is 11.6 Å². The smallest absolute Gasteiger partial charge is 0.163 e. The molecule has 1 N–H and O–H groups in total. The third-order valence-corrected chi connectivity index (χ3v) is 2.74. The summed E-state index contributed by atoms with van der Waals surface area (Å²) in [5.41, 5.74) is 0.829. The zero-order valence-electron chi connectivity index (χ0n) is 8.11. The third kappa shape index (κ3) is 1.52. The maximum Gasteiger partial charge on any atom is 0.163 e. The van der Waals surface area contributed by atoms with Gasteiger partial charge in [-0.1, -0.05) is 12.1 Å². The van der Waals surface area contributed by atoms with Crippen molar-refractivity contribution in [1.82, 2.24) is 5.32 Å². The van der Waals surface area contributed by atoms with Gasteiger partial charge in [-0.25, -0.2) is 8.78 Å². The molecule has 1 aromatic rings. The van der Waals surface area contributed by atoms with Crippen molar-refractivity contribution in [3.8, 4) is 0 Å². The molecule has 0 spiro atoms. The first-order valence-electron chi connectivity index (χ1n) is 4.88. The van der Waals surface area contributed by atoms with Crippen LogP contribution >= 0.6 is 0 Å². The Kier molecular flexibility index (Phi) is 2.50. The molecule has 0 unspecified atom stereocenters. The summed E-state index contributed by atoms with van der Waals surface area (Å²) in [4.78, 5) is 0.